The Kier molecular flexibility index (Phi) is 4.09. The number of benzene rings is 1. The molecule has 2 rings (SSSR count). The topological polar surface area (TPSA) is 30.0 Å². The van der Waals surface area contributed by atoms with Crippen LogP contribution < -0.4 is 0 Å². The summed E-state index contributed by atoms with van der Waals surface area (Å²) in [5, 5.41) is 0.256. The maximum Gasteiger partial charge on any atom is 0.168 e. The van der Waals surface area contributed by atoms with Crippen LogP contribution in [0.25, 0.3) is 0 Å². The summed E-state index contributed by atoms with van der Waals surface area (Å²) in [6, 6.07) is 5.69. The molecular formula is C13H8BrClFNO. The van der Waals surface area contributed by atoms with Gasteiger partial charge in [-0.15, -0.1) is 0 Å². The van der Waals surface area contributed by atoms with Gasteiger partial charge in [0.2, 0.25) is 0 Å². The lowest BCUT2D eigenvalue weighted by Gasteiger charge is -2.04. The minimum Gasteiger partial charge on any atom is -0.294 e. The molecule has 1 heterocycles. The second-order valence-corrected chi connectivity index (χ2v) is 5.05. The van der Waals surface area contributed by atoms with Crippen LogP contribution in [0.15, 0.2) is 41.1 Å². The number of Topliss-reactive ketones (excluding diaryl/α,β-unsaturated/α-hetero) is 1. The Morgan fingerprint density at radius 1 is 1.33 bits per heavy atom. The van der Waals surface area contributed by atoms with Crippen molar-refractivity contribution in [2.75, 3.05) is 0 Å². The highest BCUT2D eigenvalue weighted by molar-refractivity contribution is 9.10. The summed E-state index contributed by atoms with van der Waals surface area (Å²) in [5.74, 6) is -0.530. The number of carbonyl (C=O) groups is 1. The molecule has 2 nitrogen and oxygen atoms in total. The zero-order chi connectivity index (χ0) is 13.1. The van der Waals surface area contributed by atoms with Gasteiger partial charge in [0.1, 0.15) is 5.82 Å². The second kappa shape index (κ2) is 5.59. The molecule has 0 aliphatic rings. The van der Waals surface area contributed by atoms with Crippen LogP contribution in [0, 0.1) is 5.82 Å². The maximum absolute atomic E-state index is 12.9. The molecule has 0 unspecified atom stereocenters. The Bertz CT molecular complexity index is 603. The van der Waals surface area contributed by atoms with Crippen LogP contribution in [0.2, 0.25) is 5.02 Å². The predicted octanol–water partition coefficient (Wildman–Crippen LogP) is 4.06. The molecule has 1 aromatic heterocycles. The summed E-state index contributed by atoms with van der Waals surface area (Å²) in [6.45, 7) is 0. The average molecular weight is 329 g/mol. The fraction of sp³-hybridized carbons (Fsp3) is 0.0769. The van der Waals surface area contributed by atoms with Crippen LogP contribution >= 0.6 is 27.5 Å². The first kappa shape index (κ1) is 13.2. The van der Waals surface area contributed by atoms with E-state index in [-0.39, 0.29) is 17.2 Å². The van der Waals surface area contributed by atoms with Crippen LogP contribution in [0.3, 0.4) is 0 Å². The van der Waals surface area contributed by atoms with Crippen molar-refractivity contribution in [2.24, 2.45) is 0 Å². The normalized spacial score (nSPS) is 10.4. The minimum absolute atomic E-state index is 0.114. The van der Waals surface area contributed by atoms with E-state index in [0.717, 1.165) is 4.47 Å². The monoisotopic (exact) mass is 327 g/mol. The molecule has 0 aliphatic carbocycles. The first-order valence-corrected chi connectivity index (χ1v) is 6.31. The molecule has 0 fully saturated rings. The quantitative estimate of drug-likeness (QED) is 0.795. The van der Waals surface area contributed by atoms with E-state index < -0.39 is 5.82 Å². The molecule has 18 heavy (non-hydrogen) atoms. The average Bonchev–Trinajstić information content (AvgIpc) is 2.32. The van der Waals surface area contributed by atoms with E-state index in [1.54, 1.807) is 12.3 Å². The number of carbonyl (C=O) groups excluding carboxylic acids is 1. The van der Waals surface area contributed by atoms with Crippen LogP contribution in [0.5, 0.6) is 0 Å². The standard InChI is InChI=1S/C13H8BrClFNO/c14-10-3-9(6-17-7-10)13(18)4-8-1-2-11(16)5-12(8)15/h1-3,5-7H,4H2. The highest BCUT2D eigenvalue weighted by atomic mass is 79.9. The van der Waals surface area contributed by atoms with Gasteiger partial charge in [0.15, 0.2) is 5.78 Å². The zero-order valence-corrected chi connectivity index (χ0v) is 11.5. The largest absolute Gasteiger partial charge is 0.294 e. The van der Waals surface area contributed by atoms with E-state index in [0.29, 0.717) is 11.1 Å². The molecule has 0 aliphatic heterocycles. The number of pyridine rings is 1. The number of hydrogen-bond acceptors (Lipinski definition) is 2. The molecular weight excluding hydrogens is 321 g/mol. The first-order valence-electron chi connectivity index (χ1n) is 5.14. The van der Waals surface area contributed by atoms with E-state index in [1.807, 2.05) is 0 Å². The summed E-state index contributed by atoms with van der Waals surface area (Å²) in [7, 11) is 0. The molecule has 0 saturated carbocycles. The summed E-state index contributed by atoms with van der Waals surface area (Å²) < 4.78 is 13.6. The van der Waals surface area contributed by atoms with Crippen molar-refractivity contribution in [3.05, 3.63) is 63.1 Å². The Morgan fingerprint density at radius 3 is 2.78 bits per heavy atom. The zero-order valence-electron chi connectivity index (χ0n) is 9.16. The highest BCUT2D eigenvalue weighted by Crippen LogP contribution is 2.20. The number of halogens is 3. The van der Waals surface area contributed by atoms with E-state index in [2.05, 4.69) is 20.9 Å². The van der Waals surface area contributed by atoms with Gasteiger partial charge in [-0.05, 0) is 39.7 Å². The van der Waals surface area contributed by atoms with Crippen molar-refractivity contribution >= 4 is 33.3 Å². The summed E-state index contributed by atoms with van der Waals surface area (Å²) in [6.07, 6.45) is 3.21. The fourth-order valence-electron chi connectivity index (χ4n) is 1.50. The molecule has 0 bridgehead atoms. The van der Waals surface area contributed by atoms with E-state index >= 15 is 0 Å². The van der Waals surface area contributed by atoms with Gasteiger partial charge < -0.3 is 0 Å². The van der Waals surface area contributed by atoms with Crippen molar-refractivity contribution in [3.63, 3.8) is 0 Å². The summed E-state index contributed by atoms with van der Waals surface area (Å²) in [4.78, 5) is 15.9. The van der Waals surface area contributed by atoms with Gasteiger partial charge in [0, 0.05) is 33.9 Å². The number of ketones is 1. The smallest absolute Gasteiger partial charge is 0.168 e. The van der Waals surface area contributed by atoms with Crippen molar-refractivity contribution < 1.29 is 9.18 Å². The Balaban J connectivity index is 2.21. The number of aromatic nitrogens is 1. The molecule has 0 saturated heterocycles. The van der Waals surface area contributed by atoms with Gasteiger partial charge in [-0.2, -0.15) is 0 Å². The van der Waals surface area contributed by atoms with Gasteiger partial charge in [-0.3, -0.25) is 9.78 Å². The molecule has 0 amide bonds. The maximum atomic E-state index is 12.9. The second-order valence-electron chi connectivity index (χ2n) is 3.73. The lowest BCUT2D eigenvalue weighted by Crippen LogP contribution is -2.04. The minimum atomic E-state index is -0.416. The number of nitrogens with zero attached hydrogens (tertiary/aromatic N) is 1. The molecule has 92 valence electrons. The third kappa shape index (κ3) is 3.15. The fourth-order valence-corrected chi connectivity index (χ4v) is 2.10. The van der Waals surface area contributed by atoms with Crippen LogP contribution in [-0.4, -0.2) is 10.8 Å². The SMILES string of the molecule is O=C(Cc1ccc(F)cc1Cl)c1cncc(Br)c1. The van der Waals surface area contributed by atoms with E-state index in [1.165, 1.54) is 24.4 Å². The summed E-state index contributed by atoms with van der Waals surface area (Å²) in [5.41, 5.74) is 1.09. The number of rotatable bonds is 3. The molecule has 0 radical (unpaired) electrons. The van der Waals surface area contributed by atoms with Crippen molar-refractivity contribution in [1.29, 1.82) is 0 Å². The molecule has 5 heteroatoms. The van der Waals surface area contributed by atoms with E-state index in [9.17, 15) is 9.18 Å². The Labute approximate surface area is 117 Å². The van der Waals surface area contributed by atoms with Crippen LogP contribution in [-0.2, 0) is 6.42 Å². The molecule has 1 aromatic carbocycles. The third-order valence-electron chi connectivity index (χ3n) is 2.39. The molecule has 0 N–H and O–H groups in total. The van der Waals surface area contributed by atoms with Gasteiger partial charge in [0.05, 0.1) is 0 Å². The lowest BCUT2D eigenvalue weighted by atomic mass is 10.0. The molecule has 2 aromatic rings. The highest BCUT2D eigenvalue weighted by Gasteiger charge is 2.11. The third-order valence-corrected chi connectivity index (χ3v) is 3.18. The molecule has 0 spiro atoms. The Hall–Kier alpha value is -1.26. The van der Waals surface area contributed by atoms with E-state index in [4.69, 9.17) is 11.6 Å². The van der Waals surface area contributed by atoms with Gasteiger partial charge in [-0.25, -0.2) is 4.39 Å². The van der Waals surface area contributed by atoms with Crippen molar-refractivity contribution in [1.82, 2.24) is 4.98 Å². The predicted molar refractivity (Wildman–Crippen MR) is 71.4 cm³/mol. The van der Waals surface area contributed by atoms with Crippen molar-refractivity contribution in [3.8, 4) is 0 Å². The number of hydrogen-bond donors (Lipinski definition) is 0. The van der Waals surface area contributed by atoms with Crippen LogP contribution in [0.4, 0.5) is 4.39 Å². The summed E-state index contributed by atoms with van der Waals surface area (Å²) >= 11 is 9.12. The molecule has 0 atom stereocenters. The lowest BCUT2D eigenvalue weighted by molar-refractivity contribution is 0.0992. The Morgan fingerprint density at radius 2 is 2.11 bits per heavy atom. The van der Waals surface area contributed by atoms with Gasteiger partial charge in [-0.1, -0.05) is 17.7 Å². The first-order chi connectivity index (χ1) is 8.56. The van der Waals surface area contributed by atoms with Gasteiger partial charge in [0.25, 0.3) is 0 Å². The van der Waals surface area contributed by atoms with Gasteiger partial charge >= 0.3 is 0 Å². The van der Waals surface area contributed by atoms with Crippen molar-refractivity contribution in [2.45, 2.75) is 6.42 Å². The van der Waals surface area contributed by atoms with Crippen LogP contribution in [0.1, 0.15) is 15.9 Å².